The molecule has 1 aliphatic carbocycles. The predicted octanol–water partition coefficient (Wildman–Crippen LogP) is 1.22. The van der Waals surface area contributed by atoms with Crippen LogP contribution in [0.5, 0.6) is 0 Å². The molecular formula is C7H9N2. The van der Waals surface area contributed by atoms with Gasteiger partial charge in [0.25, 0.3) is 0 Å². The van der Waals surface area contributed by atoms with Crippen LogP contribution in [0.15, 0.2) is 16.8 Å². The van der Waals surface area contributed by atoms with Gasteiger partial charge >= 0.3 is 0 Å². The highest BCUT2D eigenvalue weighted by atomic mass is 15.3. The zero-order valence-corrected chi connectivity index (χ0v) is 5.22. The number of nitrogens with one attached hydrogen (secondary N) is 1. The van der Waals surface area contributed by atoms with E-state index in [2.05, 4.69) is 16.6 Å². The van der Waals surface area contributed by atoms with Gasteiger partial charge in [0, 0.05) is 0 Å². The molecule has 1 radical (unpaired) electrons. The van der Waals surface area contributed by atoms with Crippen LogP contribution >= 0.6 is 0 Å². The van der Waals surface area contributed by atoms with E-state index in [9.17, 15) is 0 Å². The van der Waals surface area contributed by atoms with Crippen molar-refractivity contribution < 1.29 is 0 Å². The summed E-state index contributed by atoms with van der Waals surface area (Å²) in [6, 6.07) is 0. The van der Waals surface area contributed by atoms with Crippen molar-refractivity contribution in [3.8, 4) is 0 Å². The molecule has 1 heterocycles. The lowest BCUT2D eigenvalue weighted by Crippen LogP contribution is -2.02. The van der Waals surface area contributed by atoms with Crippen LogP contribution in [0.2, 0.25) is 0 Å². The molecule has 1 N–H and O–H groups in total. The van der Waals surface area contributed by atoms with Crippen LogP contribution in [0.3, 0.4) is 0 Å². The van der Waals surface area contributed by atoms with E-state index in [4.69, 9.17) is 0 Å². The molecule has 2 rings (SSSR count). The molecule has 0 unspecified atom stereocenters. The van der Waals surface area contributed by atoms with Gasteiger partial charge in [0.2, 0.25) is 0 Å². The number of hydrazone groups is 1. The Morgan fingerprint density at radius 2 is 2.56 bits per heavy atom. The number of fused-ring (bicyclic) bond motifs is 1. The first-order valence-corrected chi connectivity index (χ1v) is 3.33. The van der Waals surface area contributed by atoms with Crippen LogP contribution in [0.1, 0.15) is 19.3 Å². The molecule has 0 aromatic carbocycles. The predicted molar refractivity (Wildman–Crippen MR) is 36.8 cm³/mol. The summed E-state index contributed by atoms with van der Waals surface area (Å²) in [5, 5.41) is 4.10. The van der Waals surface area contributed by atoms with Crippen LogP contribution in [0.4, 0.5) is 0 Å². The Balaban J connectivity index is 2.30. The van der Waals surface area contributed by atoms with Crippen molar-refractivity contribution in [2.75, 3.05) is 0 Å². The highest BCUT2D eigenvalue weighted by Crippen LogP contribution is 2.19. The molecule has 1 aliphatic heterocycles. The fourth-order valence-corrected chi connectivity index (χ4v) is 1.23. The molecule has 0 fully saturated rings. The molecule has 2 aliphatic rings. The van der Waals surface area contributed by atoms with Crippen LogP contribution in [0, 0.1) is 6.54 Å². The third kappa shape index (κ3) is 0.745. The minimum atomic E-state index is 1.15. The van der Waals surface area contributed by atoms with Crippen molar-refractivity contribution >= 4 is 5.71 Å². The average Bonchev–Trinajstić information content (AvgIpc) is 2.33. The van der Waals surface area contributed by atoms with Crippen molar-refractivity contribution in [1.29, 1.82) is 0 Å². The summed E-state index contributed by atoms with van der Waals surface area (Å²) in [5.41, 5.74) is 5.40. The molecule has 0 atom stereocenters. The molecule has 0 bridgehead atoms. The second-order valence-electron chi connectivity index (χ2n) is 2.38. The monoisotopic (exact) mass is 121 g/mol. The Labute approximate surface area is 54.6 Å². The Bertz CT molecular complexity index is 179. The fraction of sp³-hybridized carbons (Fsp3) is 0.429. The normalized spacial score (nSPS) is 24.0. The topological polar surface area (TPSA) is 24.4 Å². The van der Waals surface area contributed by atoms with Crippen molar-refractivity contribution in [3.63, 3.8) is 0 Å². The lowest BCUT2D eigenvalue weighted by molar-refractivity contribution is 0.873. The van der Waals surface area contributed by atoms with E-state index in [1.807, 2.05) is 6.54 Å². The third-order valence-electron chi connectivity index (χ3n) is 1.73. The van der Waals surface area contributed by atoms with Crippen LogP contribution in [-0.2, 0) is 0 Å². The Morgan fingerprint density at radius 3 is 3.44 bits per heavy atom. The van der Waals surface area contributed by atoms with Gasteiger partial charge in [-0.3, -0.25) is 5.43 Å². The molecule has 0 spiro atoms. The van der Waals surface area contributed by atoms with Gasteiger partial charge < -0.3 is 0 Å². The average molecular weight is 121 g/mol. The maximum Gasteiger partial charge on any atom is 0.0964 e. The molecule has 0 amide bonds. The van der Waals surface area contributed by atoms with Crippen molar-refractivity contribution in [1.82, 2.24) is 5.43 Å². The van der Waals surface area contributed by atoms with Gasteiger partial charge in [0.05, 0.1) is 12.3 Å². The molecule has 2 nitrogen and oxygen atoms in total. The first-order valence-electron chi connectivity index (χ1n) is 3.33. The molecule has 2 heteroatoms. The van der Waals surface area contributed by atoms with Gasteiger partial charge in [0.1, 0.15) is 0 Å². The standard InChI is InChI=1S/C7H9N2/c1-2-4-7-6(3-1)5-8-9-7/h3,5,8H,1-2,4H2. The van der Waals surface area contributed by atoms with Gasteiger partial charge in [-0.05, 0) is 24.8 Å². The maximum absolute atomic E-state index is 4.10. The summed E-state index contributed by atoms with van der Waals surface area (Å²) >= 11 is 0. The van der Waals surface area contributed by atoms with E-state index in [1.165, 1.54) is 24.1 Å². The lowest BCUT2D eigenvalue weighted by Gasteiger charge is -2.05. The van der Waals surface area contributed by atoms with Crippen LogP contribution in [0.25, 0.3) is 0 Å². The Kier molecular flexibility index (Phi) is 1.04. The molecule has 0 aromatic rings. The smallest absolute Gasteiger partial charge is 0.0964 e. The van der Waals surface area contributed by atoms with E-state index in [0.29, 0.717) is 0 Å². The minimum Gasteiger partial charge on any atom is -0.300 e. The van der Waals surface area contributed by atoms with Crippen molar-refractivity contribution in [3.05, 3.63) is 18.2 Å². The summed E-state index contributed by atoms with van der Waals surface area (Å²) in [7, 11) is 0. The second kappa shape index (κ2) is 1.87. The zero-order chi connectivity index (χ0) is 6.10. The minimum absolute atomic E-state index is 1.15. The van der Waals surface area contributed by atoms with E-state index >= 15 is 0 Å². The van der Waals surface area contributed by atoms with Crippen LogP contribution < -0.4 is 5.43 Å². The van der Waals surface area contributed by atoms with Crippen molar-refractivity contribution in [2.45, 2.75) is 19.3 Å². The highest BCUT2D eigenvalue weighted by Gasteiger charge is 2.15. The van der Waals surface area contributed by atoms with E-state index in [-0.39, 0.29) is 0 Å². The number of hydrogen-bond donors (Lipinski definition) is 1. The van der Waals surface area contributed by atoms with E-state index < -0.39 is 0 Å². The number of hydrogen-bond acceptors (Lipinski definition) is 2. The van der Waals surface area contributed by atoms with Gasteiger partial charge in [-0.15, -0.1) is 0 Å². The van der Waals surface area contributed by atoms with Gasteiger partial charge in [-0.1, -0.05) is 6.08 Å². The van der Waals surface area contributed by atoms with Gasteiger partial charge in [-0.2, -0.15) is 5.10 Å². The van der Waals surface area contributed by atoms with Crippen LogP contribution in [-0.4, -0.2) is 5.71 Å². The summed E-state index contributed by atoms with van der Waals surface area (Å²) in [5.74, 6) is 0. The molecule has 47 valence electrons. The fourth-order valence-electron chi connectivity index (χ4n) is 1.23. The van der Waals surface area contributed by atoms with Gasteiger partial charge in [-0.25, -0.2) is 0 Å². The molecule has 9 heavy (non-hydrogen) atoms. The second-order valence-corrected chi connectivity index (χ2v) is 2.38. The summed E-state index contributed by atoms with van der Waals surface area (Å²) < 4.78 is 0. The van der Waals surface area contributed by atoms with E-state index in [1.54, 1.807) is 0 Å². The zero-order valence-electron chi connectivity index (χ0n) is 5.22. The molecule has 0 saturated heterocycles. The molecular weight excluding hydrogens is 112 g/mol. The largest absolute Gasteiger partial charge is 0.300 e. The summed E-state index contributed by atoms with van der Waals surface area (Å²) in [6.07, 6.45) is 5.86. The summed E-state index contributed by atoms with van der Waals surface area (Å²) in [4.78, 5) is 0. The number of rotatable bonds is 0. The number of allylic oxidation sites excluding steroid dienone is 1. The first-order chi connectivity index (χ1) is 4.47. The molecule has 0 aromatic heterocycles. The lowest BCUT2D eigenvalue weighted by atomic mass is 9.98. The maximum atomic E-state index is 4.10. The summed E-state index contributed by atoms with van der Waals surface area (Å²) in [6.45, 7) is 1.97. The number of nitrogens with zero attached hydrogens (tertiary/aromatic N) is 1. The van der Waals surface area contributed by atoms with Crippen molar-refractivity contribution in [2.24, 2.45) is 5.10 Å². The quantitative estimate of drug-likeness (QED) is 0.512. The molecule has 0 saturated carbocycles. The Morgan fingerprint density at radius 1 is 1.56 bits per heavy atom. The Hall–Kier alpha value is -0.790. The third-order valence-corrected chi connectivity index (χ3v) is 1.73. The van der Waals surface area contributed by atoms with Gasteiger partial charge in [0.15, 0.2) is 0 Å². The van der Waals surface area contributed by atoms with E-state index in [0.717, 1.165) is 6.42 Å². The SMILES string of the molecule is [CH]1NN=C2CCCC=C12. The highest BCUT2D eigenvalue weighted by molar-refractivity contribution is 6.03. The first kappa shape index (κ1) is 5.03.